The molecule has 90 valence electrons. The molecule has 0 unspecified atom stereocenters. The van der Waals surface area contributed by atoms with E-state index < -0.39 is 0 Å². The van der Waals surface area contributed by atoms with E-state index in [4.69, 9.17) is 5.73 Å². The van der Waals surface area contributed by atoms with Gasteiger partial charge in [-0.3, -0.25) is 0 Å². The van der Waals surface area contributed by atoms with E-state index in [1.807, 2.05) is 11.4 Å². The van der Waals surface area contributed by atoms with Crippen LogP contribution in [0.15, 0.2) is 35.7 Å². The predicted octanol–water partition coefficient (Wildman–Crippen LogP) is 4.07. The van der Waals surface area contributed by atoms with Crippen LogP contribution in [0.4, 0.5) is 11.4 Å². The van der Waals surface area contributed by atoms with Crippen molar-refractivity contribution in [1.29, 1.82) is 0 Å². The predicted molar refractivity (Wildman–Crippen MR) is 76.6 cm³/mol. The second-order valence-electron chi connectivity index (χ2n) is 4.43. The summed E-state index contributed by atoms with van der Waals surface area (Å²) in [6.45, 7) is 5.20. The molecule has 0 bridgehead atoms. The van der Waals surface area contributed by atoms with E-state index in [1.165, 1.54) is 10.4 Å². The molecule has 0 amide bonds. The smallest absolute Gasteiger partial charge is 0.0514 e. The van der Waals surface area contributed by atoms with Crippen LogP contribution in [0.3, 0.4) is 0 Å². The number of nitrogens with two attached hydrogens (primary N) is 1. The molecule has 0 aliphatic carbocycles. The largest absolute Gasteiger partial charge is 0.398 e. The van der Waals surface area contributed by atoms with Crippen molar-refractivity contribution < 1.29 is 0 Å². The first-order valence-corrected chi connectivity index (χ1v) is 6.70. The Morgan fingerprint density at radius 1 is 1.18 bits per heavy atom. The number of benzene rings is 1. The van der Waals surface area contributed by atoms with E-state index in [0.717, 1.165) is 17.9 Å². The number of nitrogen functional groups attached to an aromatic ring is 1. The van der Waals surface area contributed by atoms with Crippen molar-refractivity contribution in [3.05, 3.63) is 46.2 Å². The van der Waals surface area contributed by atoms with Crippen LogP contribution in [-0.2, 0) is 6.54 Å². The number of rotatable bonds is 4. The molecule has 0 saturated carbocycles. The Labute approximate surface area is 106 Å². The first-order valence-electron chi connectivity index (χ1n) is 5.82. The van der Waals surface area contributed by atoms with E-state index in [1.54, 1.807) is 11.3 Å². The number of anilines is 2. The second-order valence-corrected chi connectivity index (χ2v) is 5.43. The van der Waals surface area contributed by atoms with E-state index in [0.29, 0.717) is 5.92 Å². The van der Waals surface area contributed by atoms with Gasteiger partial charge in [0.05, 0.1) is 6.54 Å². The van der Waals surface area contributed by atoms with Crippen molar-refractivity contribution in [2.75, 3.05) is 11.1 Å². The van der Waals surface area contributed by atoms with Gasteiger partial charge in [0.15, 0.2) is 0 Å². The van der Waals surface area contributed by atoms with Crippen LogP contribution in [0.2, 0.25) is 0 Å². The molecule has 0 atom stereocenters. The van der Waals surface area contributed by atoms with Gasteiger partial charge in [-0.1, -0.05) is 26.0 Å². The molecule has 3 heteroatoms. The van der Waals surface area contributed by atoms with Gasteiger partial charge in [0.2, 0.25) is 0 Å². The molecule has 0 saturated heterocycles. The second kappa shape index (κ2) is 5.23. The van der Waals surface area contributed by atoms with Crippen molar-refractivity contribution in [3.63, 3.8) is 0 Å². The molecule has 17 heavy (non-hydrogen) atoms. The summed E-state index contributed by atoms with van der Waals surface area (Å²) in [5.74, 6) is 0.581. The Balaban J connectivity index is 1.98. The minimum absolute atomic E-state index is 0.581. The summed E-state index contributed by atoms with van der Waals surface area (Å²) in [7, 11) is 0. The highest BCUT2D eigenvalue weighted by atomic mass is 32.1. The molecule has 0 fully saturated rings. The van der Waals surface area contributed by atoms with Gasteiger partial charge in [0.25, 0.3) is 0 Å². The van der Waals surface area contributed by atoms with Crippen LogP contribution < -0.4 is 11.1 Å². The zero-order valence-electron chi connectivity index (χ0n) is 10.2. The molecule has 2 aromatic rings. The lowest BCUT2D eigenvalue weighted by Gasteiger charge is -2.09. The Morgan fingerprint density at radius 2 is 1.88 bits per heavy atom. The zero-order chi connectivity index (χ0) is 12.3. The number of hydrogen-bond acceptors (Lipinski definition) is 3. The lowest BCUT2D eigenvalue weighted by Crippen LogP contribution is -2.00. The van der Waals surface area contributed by atoms with E-state index in [9.17, 15) is 0 Å². The van der Waals surface area contributed by atoms with Gasteiger partial charge >= 0.3 is 0 Å². The standard InChI is InChI=1S/C14H18N2S/c1-10(2)11-3-5-12(6-4-11)16-9-14-13(15)7-8-17-14/h3-8,10,16H,9,15H2,1-2H3. The highest BCUT2D eigenvalue weighted by Gasteiger charge is 2.01. The average molecular weight is 246 g/mol. The fourth-order valence-corrected chi connectivity index (χ4v) is 2.40. The normalized spacial score (nSPS) is 10.8. The molecular formula is C14H18N2S. The quantitative estimate of drug-likeness (QED) is 0.853. The van der Waals surface area contributed by atoms with E-state index >= 15 is 0 Å². The van der Waals surface area contributed by atoms with Gasteiger partial charge in [-0.05, 0) is 35.1 Å². The summed E-state index contributed by atoms with van der Waals surface area (Å²) in [5, 5.41) is 5.41. The minimum Gasteiger partial charge on any atom is -0.398 e. The SMILES string of the molecule is CC(C)c1ccc(NCc2sccc2N)cc1. The van der Waals surface area contributed by atoms with Gasteiger partial charge in [0, 0.05) is 16.3 Å². The van der Waals surface area contributed by atoms with Crippen LogP contribution in [-0.4, -0.2) is 0 Å². The van der Waals surface area contributed by atoms with Gasteiger partial charge in [-0.2, -0.15) is 0 Å². The van der Waals surface area contributed by atoms with E-state index in [2.05, 4.69) is 43.4 Å². The topological polar surface area (TPSA) is 38.0 Å². The molecule has 0 spiro atoms. The minimum atomic E-state index is 0.581. The molecule has 2 nitrogen and oxygen atoms in total. The Bertz CT molecular complexity index is 471. The first kappa shape index (κ1) is 12.0. The fraction of sp³-hybridized carbons (Fsp3) is 0.286. The van der Waals surface area contributed by atoms with E-state index in [-0.39, 0.29) is 0 Å². The maximum absolute atomic E-state index is 5.84. The van der Waals surface area contributed by atoms with Crippen LogP contribution in [0.5, 0.6) is 0 Å². The molecule has 1 heterocycles. The Kier molecular flexibility index (Phi) is 3.69. The molecule has 0 aliphatic heterocycles. The lowest BCUT2D eigenvalue weighted by molar-refractivity contribution is 0.867. The molecule has 2 rings (SSSR count). The van der Waals surface area contributed by atoms with Crippen LogP contribution in [0.1, 0.15) is 30.2 Å². The summed E-state index contributed by atoms with van der Waals surface area (Å²) < 4.78 is 0. The highest BCUT2D eigenvalue weighted by molar-refractivity contribution is 7.10. The van der Waals surface area contributed by atoms with Gasteiger partial charge in [-0.25, -0.2) is 0 Å². The summed E-state index contributed by atoms with van der Waals surface area (Å²) in [6.07, 6.45) is 0. The molecule has 1 aromatic heterocycles. The molecule has 0 radical (unpaired) electrons. The number of thiophene rings is 1. The summed E-state index contributed by atoms with van der Waals surface area (Å²) in [4.78, 5) is 1.19. The van der Waals surface area contributed by atoms with Crippen molar-refractivity contribution in [1.82, 2.24) is 0 Å². The van der Waals surface area contributed by atoms with Gasteiger partial charge in [0.1, 0.15) is 0 Å². The first-order chi connectivity index (χ1) is 8.16. The van der Waals surface area contributed by atoms with Crippen LogP contribution in [0, 0.1) is 0 Å². The van der Waals surface area contributed by atoms with Crippen molar-refractivity contribution in [2.24, 2.45) is 0 Å². The fourth-order valence-electron chi connectivity index (χ4n) is 1.66. The van der Waals surface area contributed by atoms with Crippen LogP contribution >= 0.6 is 11.3 Å². The van der Waals surface area contributed by atoms with Crippen molar-refractivity contribution >= 4 is 22.7 Å². The van der Waals surface area contributed by atoms with Crippen molar-refractivity contribution in [2.45, 2.75) is 26.3 Å². The van der Waals surface area contributed by atoms with Crippen molar-refractivity contribution in [3.8, 4) is 0 Å². The summed E-state index contributed by atoms with van der Waals surface area (Å²) in [5.41, 5.74) is 9.22. The monoisotopic (exact) mass is 246 g/mol. The maximum atomic E-state index is 5.84. The maximum Gasteiger partial charge on any atom is 0.0514 e. The molecule has 1 aromatic carbocycles. The third kappa shape index (κ3) is 3.01. The Morgan fingerprint density at radius 3 is 2.41 bits per heavy atom. The molecular weight excluding hydrogens is 228 g/mol. The van der Waals surface area contributed by atoms with Crippen LogP contribution in [0.25, 0.3) is 0 Å². The van der Waals surface area contributed by atoms with Gasteiger partial charge in [-0.15, -0.1) is 11.3 Å². The summed E-state index contributed by atoms with van der Waals surface area (Å²) in [6, 6.07) is 10.5. The van der Waals surface area contributed by atoms with Gasteiger partial charge < -0.3 is 11.1 Å². The molecule has 0 aliphatic rings. The zero-order valence-corrected chi connectivity index (χ0v) is 11.1. The summed E-state index contributed by atoms with van der Waals surface area (Å²) >= 11 is 1.69. The average Bonchev–Trinajstić information content (AvgIpc) is 2.73. The Hall–Kier alpha value is -1.48. The number of hydrogen-bond donors (Lipinski definition) is 2. The molecule has 3 N–H and O–H groups in total. The third-order valence-electron chi connectivity index (χ3n) is 2.81. The number of nitrogens with one attached hydrogen (secondary N) is 1. The lowest BCUT2D eigenvalue weighted by atomic mass is 10.0. The third-order valence-corrected chi connectivity index (χ3v) is 3.75. The highest BCUT2D eigenvalue weighted by Crippen LogP contribution is 2.21.